The van der Waals surface area contributed by atoms with Crippen molar-refractivity contribution in [3.63, 3.8) is 0 Å². The summed E-state index contributed by atoms with van der Waals surface area (Å²) >= 11 is 0. The highest BCUT2D eigenvalue weighted by atomic mass is 16.5. The van der Waals surface area contributed by atoms with Gasteiger partial charge in [0.05, 0.1) is 31.9 Å². The highest BCUT2D eigenvalue weighted by molar-refractivity contribution is 6.42. The molecule has 0 saturated heterocycles. The van der Waals surface area contributed by atoms with Crippen LogP contribution in [0.3, 0.4) is 0 Å². The molecule has 0 saturated carbocycles. The van der Waals surface area contributed by atoms with E-state index in [4.69, 9.17) is 22.3 Å². The number of ether oxygens (including phenoxy) is 2. The fourth-order valence-electron chi connectivity index (χ4n) is 4.40. The maximum absolute atomic E-state index is 12.2. The fraction of sp³-hybridized carbons (Fsp3) is 0.286. The number of rotatable bonds is 8. The molecule has 1 aromatic heterocycles. The minimum absolute atomic E-state index is 0.0617. The molecule has 4 rings (SSSR count). The Hall–Kier alpha value is -3.58. The van der Waals surface area contributed by atoms with Gasteiger partial charge in [-0.2, -0.15) is 0 Å². The van der Waals surface area contributed by atoms with Crippen LogP contribution in [0, 0.1) is 0 Å². The van der Waals surface area contributed by atoms with E-state index >= 15 is 0 Å². The van der Waals surface area contributed by atoms with Crippen LogP contribution >= 0.6 is 0 Å². The van der Waals surface area contributed by atoms with Crippen LogP contribution in [0.2, 0.25) is 0 Å². The van der Waals surface area contributed by atoms with Gasteiger partial charge in [0.25, 0.3) is 0 Å². The minimum Gasteiger partial charge on any atom is -0.496 e. The number of imidazole rings is 1. The number of aliphatic hydroxyl groups excluding tert-OH is 1. The normalized spacial score (nSPS) is 11.3. The van der Waals surface area contributed by atoms with Crippen molar-refractivity contribution < 1.29 is 19.4 Å². The third-order valence-electron chi connectivity index (χ3n) is 6.29. The molecule has 0 aliphatic carbocycles. The molecule has 0 spiro atoms. The van der Waals surface area contributed by atoms with Gasteiger partial charge >= 0.3 is 0 Å². The van der Waals surface area contributed by atoms with Crippen LogP contribution in [0.4, 0.5) is 0 Å². The molecule has 0 bridgehead atoms. The number of fused-ring (bicyclic) bond motifs is 1. The summed E-state index contributed by atoms with van der Waals surface area (Å²) in [7, 11) is 9.81. The van der Waals surface area contributed by atoms with E-state index in [-0.39, 0.29) is 12.4 Å². The van der Waals surface area contributed by atoms with E-state index in [1.807, 2.05) is 28.8 Å². The lowest BCUT2D eigenvalue weighted by Gasteiger charge is -2.15. The largest absolute Gasteiger partial charge is 0.496 e. The summed E-state index contributed by atoms with van der Waals surface area (Å²) in [5, 5.41) is 9.82. The number of aromatic nitrogens is 2. The quantitative estimate of drug-likeness (QED) is 0.305. The number of carbonyl (C=O) groups is 1. The number of hydrogen-bond acceptors (Lipinski definition) is 5. The second-order valence-corrected chi connectivity index (χ2v) is 8.80. The third kappa shape index (κ3) is 4.44. The Morgan fingerprint density at radius 3 is 2.26 bits per heavy atom. The van der Waals surface area contributed by atoms with Crippen molar-refractivity contribution in [3.05, 3.63) is 59.7 Å². The monoisotopic (exact) mass is 468 g/mol. The summed E-state index contributed by atoms with van der Waals surface area (Å²) in [6.45, 7) is 6.08. The highest BCUT2D eigenvalue weighted by Gasteiger charge is 2.21. The van der Waals surface area contributed by atoms with Gasteiger partial charge in [-0.1, -0.05) is 49.6 Å². The molecule has 0 amide bonds. The molecule has 6 nitrogen and oxygen atoms in total. The summed E-state index contributed by atoms with van der Waals surface area (Å²) < 4.78 is 13.0. The van der Waals surface area contributed by atoms with Crippen molar-refractivity contribution in [2.75, 3.05) is 20.8 Å². The second kappa shape index (κ2) is 9.96. The number of nitrogens with zero attached hydrogens (tertiary/aromatic N) is 2. The third-order valence-corrected chi connectivity index (χ3v) is 6.29. The lowest BCUT2D eigenvalue weighted by molar-refractivity contribution is 0.101. The summed E-state index contributed by atoms with van der Waals surface area (Å²) in [5.74, 6) is 2.10. The number of aliphatic hydroxyl groups is 1. The Morgan fingerprint density at radius 2 is 1.69 bits per heavy atom. The van der Waals surface area contributed by atoms with Crippen LogP contribution < -0.4 is 14.9 Å². The number of hydrogen-bond donors (Lipinski definition) is 1. The molecule has 4 aromatic rings. The lowest BCUT2D eigenvalue weighted by atomic mass is 9.85. The predicted molar refractivity (Wildman–Crippen MR) is 140 cm³/mol. The molecule has 0 atom stereocenters. The van der Waals surface area contributed by atoms with Gasteiger partial charge in [0, 0.05) is 12.1 Å². The molecule has 0 fully saturated rings. The smallest absolute Gasteiger partial charge is 0.163 e. The lowest BCUT2D eigenvalue weighted by Crippen LogP contribution is -2.11. The van der Waals surface area contributed by atoms with E-state index in [1.54, 1.807) is 19.2 Å². The van der Waals surface area contributed by atoms with Crippen LogP contribution in [0.5, 0.6) is 11.5 Å². The SMILES string of the molecule is [B]c1c(-c2ccc(OC)c(C(C)=O)c2)cc(OC)c2c1nc(-c1ccc(C(C)C)cc1)n2CCO. The van der Waals surface area contributed by atoms with Gasteiger partial charge in [-0.15, -0.1) is 0 Å². The zero-order valence-corrected chi connectivity index (χ0v) is 20.8. The molecule has 35 heavy (non-hydrogen) atoms. The van der Waals surface area contributed by atoms with Crippen LogP contribution in [-0.2, 0) is 6.54 Å². The predicted octanol–water partition coefficient (Wildman–Crippen LogP) is 4.50. The summed E-state index contributed by atoms with van der Waals surface area (Å²) in [6, 6.07) is 15.5. The maximum atomic E-state index is 12.2. The number of benzene rings is 3. The zero-order valence-electron chi connectivity index (χ0n) is 20.8. The molecule has 0 aliphatic heterocycles. The Morgan fingerprint density at radius 1 is 1.03 bits per heavy atom. The van der Waals surface area contributed by atoms with Gasteiger partial charge in [-0.05, 0) is 47.7 Å². The van der Waals surface area contributed by atoms with Crippen LogP contribution in [0.25, 0.3) is 33.5 Å². The first kappa shape index (κ1) is 24.5. The van der Waals surface area contributed by atoms with Crippen molar-refractivity contribution in [1.82, 2.24) is 9.55 Å². The molecule has 178 valence electrons. The summed E-state index contributed by atoms with van der Waals surface area (Å²) in [4.78, 5) is 17.1. The molecule has 0 unspecified atom stereocenters. The first-order valence-corrected chi connectivity index (χ1v) is 11.6. The van der Waals surface area contributed by atoms with Gasteiger partial charge < -0.3 is 19.1 Å². The van der Waals surface area contributed by atoms with Gasteiger partial charge in [-0.3, -0.25) is 4.79 Å². The van der Waals surface area contributed by atoms with Crippen LogP contribution in [-0.4, -0.2) is 49.1 Å². The second-order valence-electron chi connectivity index (χ2n) is 8.80. The molecular formula is C28H29BN2O4. The van der Waals surface area contributed by atoms with Gasteiger partial charge in [0.2, 0.25) is 0 Å². The van der Waals surface area contributed by atoms with E-state index in [0.29, 0.717) is 57.4 Å². The van der Waals surface area contributed by atoms with Crippen molar-refractivity contribution in [3.8, 4) is 34.0 Å². The Kier molecular flexibility index (Phi) is 6.99. The standard InChI is InChI=1S/C28H29BN2O4/c1-16(2)18-6-8-19(9-7-18)28-30-26-25(29)22(15-24(35-5)27(26)31(28)12-13-32)20-10-11-23(34-4)21(14-20)17(3)33/h6-11,14-16,32H,12-13H2,1-5H3. The fourth-order valence-corrected chi connectivity index (χ4v) is 4.40. The zero-order chi connectivity index (χ0) is 25.3. The van der Waals surface area contributed by atoms with E-state index in [1.165, 1.54) is 19.6 Å². The number of methoxy groups -OCH3 is 2. The molecule has 2 radical (unpaired) electrons. The van der Waals surface area contributed by atoms with E-state index in [9.17, 15) is 9.90 Å². The van der Waals surface area contributed by atoms with Gasteiger partial charge in [0.15, 0.2) is 5.78 Å². The van der Waals surface area contributed by atoms with Crippen molar-refractivity contribution >= 4 is 30.1 Å². The highest BCUT2D eigenvalue weighted by Crippen LogP contribution is 2.35. The van der Waals surface area contributed by atoms with Gasteiger partial charge in [0.1, 0.15) is 30.7 Å². The van der Waals surface area contributed by atoms with Crippen molar-refractivity contribution in [2.24, 2.45) is 0 Å². The molecule has 0 aliphatic rings. The van der Waals surface area contributed by atoms with E-state index in [0.717, 1.165) is 11.1 Å². The molecule has 3 aromatic carbocycles. The van der Waals surface area contributed by atoms with E-state index < -0.39 is 0 Å². The Labute approximate surface area is 206 Å². The molecule has 1 heterocycles. The van der Waals surface area contributed by atoms with Crippen molar-refractivity contribution in [2.45, 2.75) is 33.2 Å². The number of Topliss-reactive ketones (excluding diaryl/α,β-unsaturated/α-hetero) is 1. The first-order chi connectivity index (χ1) is 16.8. The number of carbonyl (C=O) groups excluding carboxylic acids is 1. The topological polar surface area (TPSA) is 73.6 Å². The molecule has 1 N–H and O–H groups in total. The average Bonchev–Trinajstić information content (AvgIpc) is 3.24. The summed E-state index contributed by atoms with van der Waals surface area (Å²) in [5.41, 5.74) is 5.85. The molecule has 7 heteroatoms. The van der Waals surface area contributed by atoms with E-state index in [2.05, 4.69) is 26.0 Å². The minimum atomic E-state index is -0.102. The first-order valence-electron chi connectivity index (χ1n) is 11.6. The summed E-state index contributed by atoms with van der Waals surface area (Å²) in [6.07, 6.45) is 0. The Balaban J connectivity index is 1.97. The Bertz CT molecular complexity index is 1390. The number of ketones is 1. The maximum Gasteiger partial charge on any atom is 0.163 e. The van der Waals surface area contributed by atoms with Gasteiger partial charge in [-0.25, -0.2) is 4.98 Å². The average molecular weight is 468 g/mol. The molecular weight excluding hydrogens is 439 g/mol. The van der Waals surface area contributed by atoms with Crippen molar-refractivity contribution in [1.29, 1.82) is 0 Å². The van der Waals surface area contributed by atoms with Crippen LogP contribution in [0.15, 0.2) is 48.5 Å². The van der Waals surface area contributed by atoms with Crippen LogP contribution in [0.1, 0.15) is 42.6 Å².